The smallest absolute Gasteiger partial charge is 0.229 e. The third-order valence-electron chi connectivity index (χ3n) is 3.64. The number of nitrogens with zero attached hydrogens (tertiary/aromatic N) is 4. The van der Waals surface area contributed by atoms with Crippen LogP contribution in [0.4, 0.5) is 5.82 Å². The predicted octanol–water partition coefficient (Wildman–Crippen LogP) is 0.0800. The van der Waals surface area contributed by atoms with Gasteiger partial charge in [-0.05, 0) is 13.0 Å². The van der Waals surface area contributed by atoms with Crippen LogP contribution in [0, 0.1) is 12.8 Å². The van der Waals surface area contributed by atoms with E-state index in [9.17, 15) is 4.79 Å². The molecule has 0 saturated carbocycles. The van der Waals surface area contributed by atoms with Crippen LogP contribution in [0.1, 0.15) is 5.82 Å². The number of carbonyl (C=O) groups excluding carboxylic acids is 1. The second-order valence-corrected chi connectivity index (χ2v) is 5.00. The summed E-state index contributed by atoms with van der Waals surface area (Å²) in [7, 11) is 0. The first-order valence-electron chi connectivity index (χ1n) is 6.65. The molecule has 0 radical (unpaired) electrons. The molecule has 2 saturated heterocycles. The molecule has 0 bridgehead atoms. The molecule has 6 nitrogen and oxygen atoms in total. The molecule has 2 aliphatic heterocycles. The van der Waals surface area contributed by atoms with Gasteiger partial charge in [0.2, 0.25) is 5.91 Å². The lowest BCUT2D eigenvalue weighted by atomic mass is 9.98. The monoisotopic (exact) mass is 262 g/mol. The molecule has 1 aromatic heterocycles. The summed E-state index contributed by atoms with van der Waals surface area (Å²) < 4.78 is 5.26. The van der Waals surface area contributed by atoms with E-state index in [4.69, 9.17) is 4.74 Å². The number of aryl methyl sites for hydroxylation is 1. The number of hydrogen-bond donors (Lipinski definition) is 0. The number of amides is 1. The maximum absolute atomic E-state index is 12.2. The Kier molecular flexibility index (Phi) is 3.33. The highest BCUT2D eigenvalue weighted by molar-refractivity contribution is 5.82. The van der Waals surface area contributed by atoms with Gasteiger partial charge in [-0.2, -0.15) is 0 Å². The molecular formula is C13H18N4O2. The largest absolute Gasteiger partial charge is 0.378 e. The second-order valence-electron chi connectivity index (χ2n) is 5.00. The Balaban J connectivity index is 1.56. The SMILES string of the molecule is Cc1nccc(N2CC(C(=O)N3CCOCC3)C2)n1. The highest BCUT2D eigenvalue weighted by Crippen LogP contribution is 2.24. The molecule has 2 fully saturated rings. The molecule has 0 unspecified atom stereocenters. The van der Waals surface area contributed by atoms with Crippen molar-refractivity contribution in [3.63, 3.8) is 0 Å². The van der Waals surface area contributed by atoms with Crippen molar-refractivity contribution in [1.82, 2.24) is 14.9 Å². The molecule has 0 aromatic carbocycles. The lowest BCUT2D eigenvalue weighted by Crippen LogP contribution is -2.56. The van der Waals surface area contributed by atoms with Crippen LogP contribution in [-0.2, 0) is 9.53 Å². The van der Waals surface area contributed by atoms with Gasteiger partial charge in [-0.25, -0.2) is 9.97 Å². The van der Waals surface area contributed by atoms with Crippen LogP contribution in [0.2, 0.25) is 0 Å². The first-order valence-corrected chi connectivity index (χ1v) is 6.65. The average molecular weight is 262 g/mol. The molecule has 1 aromatic rings. The summed E-state index contributed by atoms with van der Waals surface area (Å²) in [4.78, 5) is 24.7. The van der Waals surface area contributed by atoms with Crippen molar-refractivity contribution >= 4 is 11.7 Å². The van der Waals surface area contributed by atoms with E-state index >= 15 is 0 Å². The van der Waals surface area contributed by atoms with Crippen molar-refractivity contribution in [2.45, 2.75) is 6.92 Å². The Labute approximate surface area is 112 Å². The summed E-state index contributed by atoms with van der Waals surface area (Å²) in [6.45, 7) is 6.16. The fourth-order valence-electron chi connectivity index (χ4n) is 2.48. The van der Waals surface area contributed by atoms with E-state index in [2.05, 4.69) is 14.9 Å². The quantitative estimate of drug-likeness (QED) is 0.755. The number of aromatic nitrogens is 2. The van der Waals surface area contributed by atoms with Crippen LogP contribution in [0.5, 0.6) is 0 Å². The molecule has 3 rings (SSSR count). The van der Waals surface area contributed by atoms with Crippen molar-refractivity contribution < 1.29 is 9.53 Å². The highest BCUT2D eigenvalue weighted by atomic mass is 16.5. The Morgan fingerprint density at radius 1 is 1.37 bits per heavy atom. The van der Waals surface area contributed by atoms with Crippen LogP contribution >= 0.6 is 0 Å². The minimum absolute atomic E-state index is 0.105. The average Bonchev–Trinajstić information content (AvgIpc) is 2.38. The molecule has 3 heterocycles. The Hall–Kier alpha value is -1.69. The van der Waals surface area contributed by atoms with Crippen molar-refractivity contribution in [2.24, 2.45) is 5.92 Å². The topological polar surface area (TPSA) is 58.6 Å². The van der Waals surface area contributed by atoms with Gasteiger partial charge in [0.1, 0.15) is 11.6 Å². The zero-order valence-corrected chi connectivity index (χ0v) is 11.1. The Morgan fingerprint density at radius 3 is 2.79 bits per heavy atom. The summed E-state index contributed by atoms with van der Waals surface area (Å²) in [5.41, 5.74) is 0. The molecule has 0 N–H and O–H groups in total. The molecule has 2 aliphatic rings. The number of carbonyl (C=O) groups is 1. The first-order chi connectivity index (χ1) is 9.24. The number of anilines is 1. The van der Waals surface area contributed by atoms with Gasteiger partial charge in [0, 0.05) is 32.4 Å². The summed E-state index contributed by atoms with van der Waals surface area (Å²) in [5, 5.41) is 0. The summed E-state index contributed by atoms with van der Waals surface area (Å²) in [6.07, 6.45) is 1.76. The Morgan fingerprint density at radius 2 is 2.11 bits per heavy atom. The van der Waals surface area contributed by atoms with Gasteiger partial charge in [-0.15, -0.1) is 0 Å². The molecule has 1 amide bonds. The molecule has 0 spiro atoms. The van der Waals surface area contributed by atoms with Gasteiger partial charge < -0.3 is 14.5 Å². The molecule has 102 valence electrons. The van der Waals surface area contributed by atoms with Crippen molar-refractivity contribution in [3.8, 4) is 0 Å². The summed E-state index contributed by atoms with van der Waals surface area (Å²) >= 11 is 0. The van der Waals surface area contributed by atoms with Crippen molar-refractivity contribution in [2.75, 3.05) is 44.3 Å². The van der Waals surface area contributed by atoms with E-state index in [0.717, 1.165) is 37.8 Å². The minimum Gasteiger partial charge on any atom is -0.378 e. The third-order valence-corrected chi connectivity index (χ3v) is 3.64. The maximum atomic E-state index is 12.2. The van der Waals surface area contributed by atoms with Gasteiger partial charge in [0.05, 0.1) is 19.1 Å². The van der Waals surface area contributed by atoms with Gasteiger partial charge in [-0.1, -0.05) is 0 Å². The predicted molar refractivity (Wildman–Crippen MR) is 69.9 cm³/mol. The maximum Gasteiger partial charge on any atom is 0.229 e. The zero-order valence-electron chi connectivity index (χ0n) is 11.1. The van der Waals surface area contributed by atoms with E-state index in [1.54, 1.807) is 6.20 Å². The third kappa shape index (κ3) is 2.53. The molecule has 19 heavy (non-hydrogen) atoms. The van der Waals surface area contributed by atoms with E-state index in [-0.39, 0.29) is 11.8 Å². The minimum atomic E-state index is 0.105. The second kappa shape index (κ2) is 5.13. The number of ether oxygens (including phenoxy) is 1. The van der Waals surface area contributed by atoms with Crippen LogP contribution in [0.3, 0.4) is 0 Å². The molecule has 0 atom stereocenters. The van der Waals surface area contributed by atoms with Gasteiger partial charge >= 0.3 is 0 Å². The summed E-state index contributed by atoms with van der Waals surface area (Å²) in [6, 6.07) is 1.89. The number of hydrogen-bond acceptors (Lipinski definition) is 5. The van der Waals surface area contributed by atoms with Gasteiger partial charge in [0.15, 0.2) is 0 Å². The fourth-order valence-corrected chi connectivity index (χ4v) is 2.48. The van der Waals surface area contributed by atoms with E-state index in [0.29, 0.717) is 13.2 Å². The van der Waals surface area contributed by atoms with Crippen LogP contribution < -0.4 is 4.90 Å². The van der Waals surface area contributed by atoms with E-state index in [1.165, 1.54) is 0 Å². The van der Waals surface area contributed by atoms with Crippen LogP contribution in [0.25, 0.3) is 0 Å². The Bertz CT molecular complexity index is 467. The first kappa shape index (κ1) is 12.3. The van der Waals surface area contributed by atoms with Crippen molar-refractivity contribution in [3.05, 3.63) is 18.1 Å². The standard InChI is InChI=1S/C13H18N4O2/c1-10-14-3-2-12(15-10)17-8-11(9-17)13(18)16-4-6-19-7-5-16/h2-3,11H,4-9H2,1H3. The normalized spacial score (nSPS) is 20.3. The summed E-state index contributed by atoms with van der Waals surface area (Å²) in [5.74, 6) is 2.04. The number of morpholine rings is 1. The number of rotatable bonds is 2. The molecule has 6 heteroatoms. The zero-order chi connectivity index (χ0) is 13.2. The lowest BCUT2D eigenvalue weighted by Gasteiger charge is -2.42. The molecular weight excluding hydrogens is 244 g/mol. The van der Waals surface area contributed by atoms with Gasteiger partial charge in [0.25, 0.3) is 0 Å². The van der Waals surface area contributed by atoms with Gasteiger partial charge in [-0.3, -0.25) is 4.79 Å². The van der Waals surface area contributed by atoms with Crippen LogP contribution in [0.15, 0.2) is 12.3 Å². The fraction of sp³-hybridized carbons (Fsp3) is 0.615. The lowest BCUT2D eigenvalue weighted by molar-refractivity contribution is -0.140. The highest BCUT2D eigenvalue weighted by Gasteiger charge is 2.36. The van der Waals surface area contributed by atoms with Crippen LogP contribution in [-0.4, -0.2) is 60.2 Å². The van der Waals surface area contributed by atoms with Crippen molar-refractivity contribution in [1.29, 1.82) is 0 Å². The van der Waals surface area contributed by atoms with E-state index < -0.39 is 0 Å². The van der Waals surface area contributed by atoms with E-state index in [1.807, 2.05) is 17.9 Å². The molecule has 0 aliphatic carbocycles.